The van der Waals surface area contributed by atoms with Gasteiger partial charge in [-0.15, -0.1) is 0 Å². The lowest BCUT2D eigenvalue weighted by Crippen LogP contribution is -2.07. The van der Waals surface area contributed by atoms with E-state index in [0.29, 0.717) is 29.8 Å². The standard InChI is InChI=1S/C21H30N2O3/c1-14(2)13-26-19-10-9-17(12-18(19)15(3)4)23-20(22-6)11-8-16(5)21(24)25-7/h8-12,14-15,23H,6,13H2,1-5,7H3/b16-8+,20-11+. The number of hydrogen-bond donors (Lipinski definition) is 1. The summed E-state index contributed by atoms with van der Waals surface area (Å²) in [6.45, 7) is 14.5. The number of nitrogens with zero attached hydrogens (tertiary/aromatic N) is 1. The van der Waals surface area contributed by atoms with Gasteiger partial charge in [0.2, 0.25) is 0 Å². The molecular weight excluding hydrogens is 328 g/mol. The van der Waals surface area contributed by atoms with Crippen molar-refractivity contribution in [3.63, 3.8) is 0 Å². The summed E-state index contributed by atoms with van der Waals surface area (Å²) >= 11 is 0. The van der Waals surface area contributed by atoms with Crippen molar-refractivity contribution in [3.05, 3.63) is 47.3 Å². The number of benzene rings is 1. The van der Waals surface area contributed by atoms with Crippen molar-refractivity contribution in [2.75, 3.05) is 19.0 Å². The summed E-state index contributed by atoms with van der Waals surface area (Å²) in [5.74, 6) is 1.86. The molecule has 0 aliphatic heterocycles. The number of esters is 1. The van der Waals surface area contributed by atoms with Crippen molar-refractivity contribution in [2.24, 2.45) is 10.9 Å². The first-order chi connectivity index (χ1) is 12.3. The fourth-order valence-corrected chi connectivity index (χ4v) is 2.18. The van der Waals surface area contributed by atoms with Crippen molar-refractivity contribution in [1.82, 2.24) is 0 Å². The molecule has 1 aromatic rings. The molecular formula is C21H30N2O3. The third-order valence-electron chi connectivity index (χ3n) is 3.65. The Kier molecular flexibility index (Phi) is 8.62. The number of aliphatic imine (C=N–C) groups is 1. The third-order valence-corrected chi connectivity index (χ3v) is 3.65. The second-order valence-corrected chi connectivity index (χ2v) is 6.79. The highest BCUT2D eigenvalue weighted by molar-refractivity contribution is 5.88. The van der Waals surface area contributed by atoms with Crippen LogP contribution in [0.5, 0.6) is 5.75 Å². The van der Waals surface area contributed by atoms with E-state index in [9.17, 15) is 4.79 Å². The highest BCUT2D eigenvalue weighted by Crippen LogP contribution is 2.30. The van der Waals surface area contributed by atoms with Gasteiger partial charge in [-0.3, -0.25) is 0 Å². The zero-order valence-electron chi connectivity index (χ0n) is 16.6. The summed E-state index contributed by atoms with van der Waals surface area (Å²) in [5.41, 5.74) is 2.49. The molecule has 0 spiro atoms. The third kappa shape index (κ3) is 6.75. The Morgan fingerprint density at radius 2 is 1.96 bits per heavy atom. The van der Waals surface area contributed by atoms with Gasteiger partial charge in [0, 0.05) is 11.3 Å². The number of carbonyl (C=O) groups is 1. The molecule has 0 saturated heterocycles. The van der Waals surface area contributed by atoms with E-state index in [1.807, 2.05) is 12.1 Å². The zero-order valence-corrected chi connectivity index (χ0v) is 16.6. The van der Waals surface area contributed by atoms with Crippen LogP contribution in [0.25, 0.3) is 0 Å². The van der Waals surface area contributed by atoms with Crippen molar-refractivity contribution >= 4 is 18.4 Å². The average Bonchev–Trinajstić information content (AvgIpc) is 2.62. The number of allylic oxidation sites excluding steroid dienone is 2. The van der Waals surface area contributed by atoms with E-state index in [0.717, 1.165) is 17.0 Å². The van der Waals surface area contributed by atoms with Gasteiger partial charge >= 0.3 is 5.97 Å². The largest absolute Gasteiger partial charge is 0.493 e. The Hall–Kier alpha value is -2.56. The predicted octanol–water partition coefficient (Wildman–Crippen LogP) is 4.92. The van der Waals surface area contributed by atoms with Gasteiger partial charge in [-0.05, 0) is 61.4 Å². The summed E-state index contributed by atoms with van der Waals surface area (Å²) in [5, 5.41) is 3.21. The molecule has 0 aliphatic rings. The minimum atomic E-state index is -0.376. The average molecular weight is 358 g/mol. The smallest absolute Gasteiger partial charge is 0.333 e. The highest BCUT2D eigenvalue weighted by atomic mass is 16.5. The van der Waals surface area contributed by atoms with Crippen LogP contribution in [0.4, 0.5) is 5.69 Å². The van der Waals surface area contributed by atoms with Gasteiger partial charge in [-0.25, -0.2) is 9.79 Å². The fraction of sp³-hybridized carbons (Fsp3) is 0.429. The molecule has 0 heterocycles. The molecule has 0 aliphatic carbocycles. The second kappa shape index (κ2) is 10.4. The summed E-state index contributed by atoms with van der Waals surface area (Å²) in [4.78, 5) is 15.4. The van der Waals surface area contributed by atoms with Crippen LogP contribution >= 0.6 is 0 Å². The molecule has 26 heavy (non-hydrogen) atoms. The summed E-state index contributed by atoms with van der Waals surface area (Å²) in [6, 6.07) is 5.96. The number of hydrogen-bond acceptors (Lipinski definition) is 5. The topological polar surface area (TPSA) is 59.9 Å². The normalized spacial score (nSPS) is 12.3. The van der Waals surface area contributed by atoms with E-state index in [2.05, 4.69) is 55.5 Å². The molecule has 0 amide bonds. The van der Waals surface area contributed by atoms with Crippen LogP contribution in [-0.4, -0.2) is 26.4 Å². The van der Waals surface area contributed by atoms with Crippen molar-refractivity contribution in [1.29, 1.82) is 0 Å². The van der Waals surface area contributed by atoms with E-state index in [1.54, 1.807) is 19.1 Å². The first-order valence-electron chi connectivity index (χ1n) is 8.75. The molecule has 5 nitrogen and oxygen atoms in total. The van der Waals surface area contributed by atoms with E-state index >= 15 is 0 Å². The molecule has 0 saturated carbocycles. The lowest BCUT2D eigenvalue weighted by molar-refractivity contribution is -0.136. The van der Waals surface area contributed by atoms with Crippen LogP contribution in [0.3, 0.4) is 0 Å². The molecule has 0 aromatic heterocycles. The minimum absolute atomic E-state index is 0.324. The molecule has 0 fully saturated rings. The van der Waals surface area contributed by atoms with E-state index in [-0.39, 0.29) is 5.97 Å². The van der Waals surface area contributed by atoms with E-state index in [4.69, 9.17) is 4.74 Å². The number of carbonyl (C=O) groups excluding carboxylic acids is 1. The lowest BCUT2D eigenvalue weighted by Gasteiger charge is -2.17. The number of ether oxygens (including phenoxy) is 2. The maximum absolute atomic E-state index is 11.4. The molecule has 0 bridgehead atoms. The zero-order chi connectivity index (χ0) is 19.7. The molecule has 0 unspecified atom stereocenters. The highest BCUT2D eigenvalue weighted by Gasteiger charge is 2.10. The summed E-state index contributed by atoms with van der Waals surface area (Å²) < 4.78 is 10.6. The van der Waals surface area contributed by atoms with Crippen molar-refractivity contribution < 1.29 is 14.3 Å². The first kappa shape index (κ1) is 21.5. The second-order valence-electron chi connectivity index (χ2n) is 6.79. The van der Waals surface area contributed by atoms with Gasteiger partial charge < -0.3 is 14.8 Å². The Morgan fingerprint density at radius 1 is 1.27 bits per heavy atom. The Morgan fingerprint density at radius 3 is 2.50 bits per heavy atom. The lowest BCUT2D eigenvalue weighted by atomic mass is 10.0. The molecule has 5 heteroatoms. The molecule has 142 valence electrons. The number of anilines is 1. The van der Waals surface area contributed by atoms with Gasteiger partial charge in [0.1, 0.15) is 11.6 Å². The van der Waals surface area contributed by atoms with Gasteiger partial charge in [-0.2, -0.15) is 0 Å². The molecule has 1 rings (SSSR count). The van der Waals surface area contributed by atoms with Gasteiger partial charge in [-0.1, -0.05) is 27.7 Å². The van der Waals surface area contributed by atoms with E-state index in [1.165, 1.54) is 7.11 Å². The van der Waals surface area contributed by atoms with Crippen LogP contribution < -0.4 is 10.1 Å². The van der Waals surface area contributed by atoms with Crippen molar-refractivity contribution in [2.45, 2.75) is 40.5 Å². The van der Waals surface area contributed by atoms with Crippen LogP contribution in [0.2, 0.25) is 0 Å². The Balaban J connectivity index is 3.02. The van der Waals surface area contributed by atoms with Crippen LogP contribution in [0, 0.1) is 5.92 Å². The molecule has 1 N–H and O–H groups in total. The van der Waals surface area contributed by atoms with Crippen LogP contribution in [0.15, 0.2) is 46.7 Å². The number of nitrogens with one attached hydrogen (secondary N) is 1. The summed E-state index contributed by atoms with van der Waals surface area (Å²) in [7, 11) is 1.35. The number of rotatable bonds is 9. The van der Waals surface area contributed by atoms with Crippen LogP contribution in [0.1, 0.15) is 46.1 Å². The fourth-order valence-electron chi connectivity index (χ4n) is 2.18. The minimum Gasteiger partial charge on any atom is -0.493 e. The monoisotopic (exact) mass is 358 g/mol. The number of methoxy groups -OCH3 is 1. The first-order valence-corrected chi connectivity index (χ1v) is 8.75. The van der Waals surface area contributed by atoms with Gasteiger partial charge in [0.25, 0.3) is 0 Å². The molecule has 0 atom stereocenters. The van der Waals surface area contributed by atoms with Crippen molar-refractivity contribution in [3.8, 4) is 5.75 Å². The predicted molar refractivity (Wildman–Crippen MR) is 108 cm³/mol. The Bertz CT molecular complexity index is 688. The summed E-state index contributed by atoms with van der Waals surface area (Å²) in [6.07, 6.45) is 3.34. The molecule has 1 aromatic carbocycles. The van der Waals surface area contributed by atoms with E-state index < -0.39 is 0 Å². The maximum Gasteiger partial charge on any atom is 0.333 e. The Labute approximate surface area is 156 Å². The SMILES string of the molecule is C=N/C(=C\C=C(/C)C(=O)OC)Nc1ccc(OCC(C)C)c(C(C)C)c1. The van der Waals surface area contributed by atoms with Gasteiger partial charge in [0.05, 0.1) is 13.7 Å². The quantitative estimate of drug-likeness (QED) is 0.295. The van der Waals surface area contributed by atoms with Crippen LogP contribution in [-0.2, 0) is 9.53 Å². The maximum atomic E-state index is 11.4. The molecule has 0 radical (unpaired) electrons. The van der Waals surface area contributed by atoms with Gasteiger partial charge in [0.15, 0.2) is 0 Å².